The molecule has 2 aliphatic carbocycles. The van der Waals surface area contributed by atoms with Gasteiger partial charge in [-0.1, -0.05) is 20.3 Å². The average Bonchev–Trinajstić information content (AvgIpc) is 3.08. The van der Waals surface area contributed by atoms with E-state index in [0.717, 1.165) is 36.9 Å². The molecule has 0 aromatic rings. The van der Waals surface area contributed by atoms with Crippen LogP contribution in [0.4, 0.5) is 0 Å². The van der Waals surface area contributed by atoms with Crippen molar-refractivity contribution in [1.82, 2.24) is 4.57 Å². The normalized spacial score (nSPS) is 39.5. The summed E-state index contributed by atoms with van der Waals surface area (Å²) in [7, 11) is -2.27. The van der Waals surface area contributed by atoms with Gasteiger partial charge < -0.3 is 8.85 Å². The van der Waals surface area contributed by atoms with Crippen LogP contribution in [0.15, 0.2) is 0 Å². The summed E-state index contributed by atoms with van der Waals surface area (Å²) >= 11 is 0. The third-order valence-corrected chi connectivity index (χ3v) is 10.5. The highest BCUT2D eigenvalue weighted by atomic mass is 28.4. The van der Waals surface area contributed by atoms with Crippen molar-refractivity contribution in [1.29, 1.82) is 0 Å². The highest BCUT2D eigenvalue weighted by Crippen LogP contribution is 2.56. The third kappa shape index (κ3) is 3.04. The van der Waals surface area contributed by atoms with Crippen molar-refractivity contribution >= 4 is 8.72 Å². The van der Waals surface area contributed by atoms with Crippen molar-refractivity contribution in [2.24, 2.45) is 23.7 Å². The van der Waals surface area contributed by atoms with Crippen LogP contribution in [0.2, 0.25) is 5.54 Å². The highest BCUT2D eigenvalue weighted by Gasteiger charge is 2.59. The second kappa shape index (κ2) is 6.92. The van der Waals surface area contributed by atoms with Gasteiger partial charge in [-0.3, -0.25) is 4.57 Å². The summed E-state index contributed by atoms with van der Waals surface area (Å²) in [4.78, 5) is 0. The molecule has 1 saturated heterocycles. The van der Waals surface area contributed by atoms with Gasteiger partial charge in [0.25, 0.3) is 0 Å². The standard InChI is InChI=1S/C18H35NO2Si/c1-5-20-22(21-6-2,18-11-16-7-8-17(18)10-16)19-12-14(3)9-15(4)13-19/h14-18H,5-13H2,1-4H3. The lowest BCUT2D eigenvalue weighted by molar-refractivity contribution is 0.0709. The second-order valence-corrected chi connectivity index (χ2v) is 11.3. The molecule has 5 unspecified atom stereocenters. The van der Waals surface area contributed by atoms with E-state index in [0.29, 0.717) is 5.54 Å². The largest absolute Gasteiger partial charge is 0.431 e. The molecule has 0 radical (unpaired) electrons. The van der Waals surface area contributed by atoms with Crippen molar-refractivity contribution in [3.05, 3.63) is 0 Å². The molecule has 0 amide bonds. The first-order valence-corrected chi connectivity index (χ1v) is 11.5. The van der Waals surface area contributed by atoms with E-state index in [9.17, 15) is 0 Å². The average molecular weight is 326 g/mol. The Bertz CT molecular complexity index is 362. The van der Waals surface area contributed by atoms with Crippen LogP contribution in [0.5, 0.6) is 0 Å². The number of piperidine rings is 1. The molecule has 22 heavy (non-hydrogen) atoms. The lowest BCUT2D eigenvalue weighted by Crippen LogP contribution is -2.65. The van der Waals surface area contributed by atoms with Gasteiger partial charge in [-0.05, 0) is 76.3 Å². The Morgan fingerprint density at radius 1 is 0.909 bits per heavy atom. The maximum Gasteiger partial charge on any atom is 0.431 e. The fourth-order valence-electron chi connectivity index (χ4n) is 5.70. The zero-order chi connectivity index (χ0) is 15.7. The highest BCUT2D eigenvalue weighted by molar-refractivity contribution is 6.66. The zero-order valence-electron chi connectivity index (χ0n) is 15.0. The summed E-state index contributed by atoms with van der Waals surface area (Å²) in [6.45, 7) is 13.1. The van der Waals surface area contributed by atoms with Gasteiger partial charge in [0, 0.05) is 18.8 Å². The third-order valence-electron chi connectivity index (χ3n) is 6.22. The van der Waals surface area contributed by atoms with Crippen LogP contribution in [0.25, 0.3) is 0 Å². The minimum atomic E-state index is -2.27. The van der Waals surface area contributed by atoms with E-state index >= 15 is 0 Å². The van der Waals surface area contributed by atoms with Crippen molar-refractivity contribution in [2.75, 3.05) is 26.3 Å². The van der Waals surface area contributed by atoms with Crippen molar-refractivity contribution in [2.45, 2.75) is 65.3 Å². The predicted molar refractivity (Wildman–Crippen MR) is 92.7 cm³/mol. The van der Waals surface area contributed by atoms with Gasteiger partial charge in [0.15, 0.2) is 0 Å². The van der Waals surface area contributed by atoms with E-state index in [1.165, 1.54) is 45.2 Å². The van der Waals surface area contributed by atoms with E-state index < -0.39 is 8.72 Å². The Morgan fingerprint density at radius 2 is 1.55 bits per heavy atom. The Balaban J connectivity index is 1.87. The fraction of sp³-hybridized carbons (Fsp3) is 1.00. The number of fused-ring (bicyclic) bond motifs is 2. The SMILES string of the molecule is CCO[Si](OCC)(C1CC2CCC1C2)N1CC(C)CC(C)C1. The molecule has 0 aromatic heterocycles. The first-order valence-electron chi connectivity index (χ1n) is 9.62. The Hall–Kier alpha value is 0.0969. The minimum Gasteiger partial charge on any atom is -0.383 e. The first-order chi connectivity index (χ1) is 10.6. The van der Waals surface area contributed by atoms with Crippen molar-refractivity contribution < 1.29 is 8.85 Å². The van der Waals surface area contributed by atoms with Gasteiger partial charge in [0.1, 0.15) is 0 Å². The molecule has 2 saturated carbocycles. The van der Waals surface area contributed by atoms with E-state index in [-0.39, 0.29) is 0 Å². The summed E-state index contributed by atoms with van der Waals surface area (Å²) in [5.74, 6) is 3.38. The van der Waals surface area contributed by atoms with Gasteiger partial charge in [0.2, 0.25) is 0 Å². The summed E-state index contributed by atoms with van der Waals surface area (Å²) in [6, 6.07) is 0. The van der Waals surface area contributed by atoms with Crippen LogP contribution in [0.1, 0.15) is 59.8 Å². The summed E-state index contributed by atoms with van der Waals surface area (Å²) in [5, 5.41) is 0. The molecule has 5 atom stereocenters. The van der Waals surface area contributed by atoms with E-state index in [1.54, 1.807) is 0 Å². The molecule has 3 fully saturated rings. The van der Waals surface area contributed by atoms with Crippen LogP contribution in [-0.4, -0.2) is 39.6 Å². The molecule has 1 heterocycles. The molecule has 0 N–H and O–H groups in total. The zero-order valence-corrected chi connectivity index (χ0v) is 16.0. The lowest BCUT2D eigenvalue weighted by atomic mass is 9.93. The lowest BCUT2D eigenvalue weighted by Gasteiger charge is -2.49. The quantitative estimate of drug-likeness (QED) is 0.684. The van der Waals surface area contributed by atoms with Crippen LogP contribution < -0.4 is 0 Å². The van der Waals surface area contributed by atoms with E-state index in [1.807, 2.05) is 0 Å². The number of rotatable bonds is 6. The van der Waals surface area contributed by atoms with Crippen LogP contribution >= 0.6 is 0 Å². The van der Waals surface area contributed by atoms with E-state index in [2.05, 4.69) is 32.3 Å². The molecule has 2 bridgehead atoms. The Labute approximate surface area is 138 Å². The minimum absolute atomic E-state index is 0.712. The van der Waals surface area contributed by atoms with E-state index in [4.69, 9.17) is 8.85 Å². The van der Waals surface area contributed by atoms with Crippen molar-refractivity contribution in [3.63, 3.8) is 0 Å². The van der Waals surface area contributed by atoms with Gasteiger partial charge in [0.05, 0.1) is 0 Å². The Kier molecular flexibility index (Phi) is 5.33. The maximum absolute atomic E-state index is 6.59. The maximum atomic E-state index is 6.59. The summed E-state index contributed by atoms with van der Waals surface area (Å²) < 4.78 is 15.9. The van der Waals surface area contributed by atoms with Gasteiger partial charge in [-0.2, -0.15) is 0 Å². The second-order valence-electron chi connectivity index (χ2n) is 8.13. The molecule has 0 aromatic carbocycles. The Morgan fingerprint density at radius 3 is 2.00 bits per heavy atom. The molecule has 3 aliphatic rings. The number of hydrogen-bond donors (Lipinski definition) is 0. The topological polar surface area (TPSA) is 21.7 Å². The van der Waals surface area contributed by atoms with Gasteiger partial charge in [-0.15, -0.1) is 0 Å². The van der Waals surface area contributed by atoms with Gasteiger partial charge >= 0.3 is 8.72 Å². The summed E-state index contributed by atoms with van der Waals surface area (Å²) in [6.07, 6.45) is 7.05. The molecule has 1 aliphatic heterocycles. The number of hydrogen-bond acceptors (Lipinski definition) is 3. The fourth-order valence-corrected chi connectivity index (χ4v) is 10.5. The van der Waals surface area contributed by atoms with Crippen LogP contribution in [-0.2, 0) is 8.85 Å². The molecule has 3 rings (SSSR count). The van der Waals surface area contributed by atoms with Gasteiger partial charge in [-0.25, -0.2) is 0 Å². The smallest absolute Gasteiger partial charge is 0.383 e. The molecule has 0 spiro atoms. The molecular weight excluding hydrogens is 290 g/mol. The first kappa shape index (κ1) is 16.9. The summed E-state index contributed by atoms with van der Waals surface area (Å²) in [5.41, 5.74) is 0.712. The molecule has 3 nitrogen and oxygen atoms in total. The molecule has 4 heteroatoms. The van der Waals surface area contributed by atoms with Crippen molar-refractivity contribution in [3.8, 4) is 0 Å². The molecular formula is C18H35NO2Si. The monoisotopic (exact) mass is 325 g/mol. The van der Waals surface area contributed by atoms with Crippen LogP contribution in [0, 0.1) is 23.7 Å². The number of nitrogens with zero attached hydrogens (tertiary/aromatic N) is 1. The predicted octanol–water partition coefficient (Wildman–Crippen LogP) is 4.17. The molecule has 128 valence electrons. The van der Waals surface area contributed by atoms with Crippen LogP contribution in [0.3, 0.4) is 0 Å².